The molecule has 0 radical (unpaired) electrons. The first-order chi connectivity index (χ1) is 17.5. The van der Waals surface area contributed by atoms with Crippen molar-refractivity contribution in [2.24, 2.45) is 5.10 Å². The molecular formula is C29H22N6O. The van der Waals surface area contributed by atoms with Gasteiger partial charge in [0.2, 0.25) is 0 Å². The van der Waals surface area contributed by atoms with E-state index < -0.39 is 5.54 Å². The number of nitrogens with one attached hydrogen (secondary N) is 2. The van der Waals surface area contributed by atoms with Crippen LogP contribution in [0.15, 0.2) is 107 Å². The summed E-state index contributed by atoms with van der Waals surface area (Å²) in [5.41, 5.74) is 5.66. The monoisotopic (exact) mass is 470 g/mol. The topological polar surface area (TPSA) is 117 Å². The van der Waals surface area contributed by atoms with Gasteiger partial charge >= 0.3 is 0 Å². The highest BCUT2D eigenvalue weighted by atomic mass is 16.5. The van der Waals surface area contributed by atoms with E-state index in [0.29, 0.717) is 17.0 Å². The number of allylic oxidation sites excluding steroid dienone is 2. The van der Waals surface area contributed by atoms with Crippen molar-refractivity contribution in [1.82, 2.24) is 5.32 Å². The Labute approximate surface area is 209 Å². The summed E-state index contributed by atoms with van der Waals surface area (Å²) < 4.78 is 5.24. The van der Waals surface area contributed by atoms with Gasteiger partial charge in [0.05, 0.1) is 29.8 Å². The Balaban J connectivity index is 2.03. The van der Waals surface area contributed by atoms with E-state index in [1.807, 2.05) is 104 Å². The molecule has 0 amide bonds. The number of ether oxygens (including phenoxy) is 1. The van der Waals surface area contributed by atoms with E-state index >= 15 is 0 Å². The van der Waals surface area contributed by atoms with Crippen LogP contribution in [0.5, 0.6) is 5.75 Å². The fourth-order valence-electron chi connectivity index (χ4n) is 4.12. The van der Waals surface area contributed by atoms with Crippen molar-refractivity contribution in [2.45, 2.75) is 12.5 Å². The molecular weight excluding hydrogens is 448 g/mol. The molecule has 1 aliphatic heterocycles. The lowest BCUT2D eigenvalue weighted by molar-refractivity contribution is 0.415. The van der Waals surface area contributed by atoms with Gasteiger partial charge in [0.25, 0.3) is 0 Å². The predicted molar refractivity (Wildman–Crippen MR) is 138 cm³/mol. The number of nitrogens with zero attached hydrogens (tertiary/aromatic N) is 4. The molecule has 7 heteroatoms. The lowest BCUT2D eigenvalue weighted by Gasteiger charge is -2.40. The van der Waals surface area contributed by atoms with Crippen molar-refractivity contribution in [1.29, 1.82) is 15.8 Å². The van der Waals surface area contributed by atoms with Gasteiger partial charge in [-0.2, -0.15) is 20.9 Å². The molecule has 0 fully saturated rings. The largest absolute Gasteiger partial charge is 0.497 e. The summed E-state index contributed by atoms with van der Waals surface area (Å²) in [6.07, 6.45) is 0. The van der Waals surface area contributed by atoms with Gasteiger partial charge in [-0.1, -0.05) is 60.7 Å². The van der Waals surface area contributed by atoms with Crippen LogP contribution in [0.25, 0.3) is 5.57 Å². The third-order valence-electron chi connectivity index (χ3n) is 5.97. The van der Waals surface area contributed by atoms with Crippen molar-refractivity contribution >= 4 is 17.0 Å². The van der Waals surface area contributed by atoms with Crippen molar-refractivity contribution in [3.8, 4) is 24.0 Å². The first kappa shape index (κ1) is 23.8. The molecule has 174 valence electrons. The number of anilines is 1. The Hall–Kier alpha value is -5.32. The van der Waals surface area contributed by atoms with Crippen LogP contribution >= 0.6 is 0 Å². The fourth-order valence-corrected chi connectivity index (χ4v) is 4.12. The van der Waals surface area contributed by atoms with Crippen molar-refractivity contribution in [3.05, 3.63) is 113 Å². The summed E-state index contributed by atoms with van der Waals surface area (Å²) in [6.45, 7) is 1.92. The highest BCUT2D eigenvalue weighted by Gasteiger charge is 2.43. The third-order valence-corrected chi connectivity index (χ3v) is 5.97. The van der Waals surface area contributed by atoms with Gasteiger partial charge in [-0.3, -0.25) is 5.43 Å². The number of hydrogen-bond acceptors (Lipinski definition) is 7. The molecule has 1 heterocycles. The van der Waals surface area contributed by atoms with Crippen molar-refractivity contribution < 1.29 is 4.74 Å². The minimum absolute atomic E-state index is 0.169. The fraction of sp³-hybridized carbons (Fsp3) is 0.103. The zero-order valence-corrected chi connectivity index (χ0v) is 19.8. The molecule has 3 aromatic rings. The second-order valence-electron chi connectivity index (χ2n) is 8.12. The SMILES string of the molecule is COc1ccc(N/N=C2\C(c3ccccc3)=C(C#N)C(=C(C#N)C#N)NC2(C)c2ccccc2)cc1. The third kappa shape index (κ3) is 4.40. The molecule has 0 bridgehead atoms. The molecule has 3 aromatic carbocycles. The Kier molecular flexibility index (Phi) is 6.82. The summed E-state index contributed by atoms with van der Waals surface area (Å²) >= 11 is 0. The maximum atomic E-state index is 10.2. The smallest absolute Gasteiger partial charge is 0.154 e. The molecule has 0 aromatic heterocycles. The van der Waals surface area contributed by atoms with Gasteiger partial charge in [0.15, 0.2) is 5.57 Å². The summed E-state index contributed by atoms with van der Waals surface area (Å²) in [4.78, 5) is 0. The number of rotatable bonds is 5. The van der Waals surface area contributed by atoms with E-state index in [1.165, 1.54) is 0 Å². The first-order valence-corrected chi connectivity index (χ1v) is 11.1. The van der Waals surface area contributed by atoms with Crippen LogP contribution in [0.3, 0.4) is 0 Å². The second kappa shape index (κ2) is 10.3. The molecule has 36 heavy (non-hydrogen) atoms. The van der Waals surface area contributed by atoms with Gasteiger partial charge in [-0.25, -0.2) is 0 Å². The zero-order chi connectivity index (χ0) is 25.5. The first-order valence-electron chi connectivity index (χ1n) is 11.1. The van der Waals surface area contributed by atoms with Gasteiger partial charge in [-0.15, -0.1) is 0 Å². The molecule has 0 saturated carbocycles. The summed E-state index contributed by atoms with van der Waals surface area (Å²) in [6, 6.07) is 32.4. The Bertz CT molecular complexity index is 1470. The molecule has 0 saturated heterocycles. The normalized spacial score (nSPS) is 17.9. The Morgan fingerprint density at radius 3 is 2.06 bits per heavy atom. The molecule has 1 aliphatic rings. The van der Waals surface area contributed by atoms with Gasteiger partial charge < -0.3 is 10.1 Å². The van der Waals surface area contributed by atoms with Crippen LogP contribution in [0.1, 0.15) is 18.1 Å². The number of benzene rings is 3. The maximum Gasteiger partial charge on any atom is 0.154 e. The lowest BCUT2D eigenvalue weighted by Crippen LogP contribution is -2.51. The Morgan fingerprint density at radius 1 is 0.889 bits per heavy atom. The van der Waals surface area contributed by atoms with E-state index in [1.54, 1.807) is 7.11 Å². The van der Waals surface area contributed by atoms with Gasteiger partial charge in [0, 0.05) is 5.57 Å². The van der Waals surface area contributed by atoms with Crippen LogP contribution in [-0.2, 0) is 5.54 Å². The van der Waals surface area contributed by atoms with E-state index in [-0.39, 0.29) is 16.8 Å². The van der Waals surface area contributed by atoms with Crippen LogP contribution in [-0.4, -0.2) is 12.8 Å². The van der Waals surface area contributed by atoms with Crippen LogP contribution < -0.4 is 15.5 Å². The van der Waals surface area contributed by atoms with Crippen molar-refractivity contribution in [3.63, 3.8) is 0 Å². The molecule has 7 nitrogen and oxygen atoms in total. The number of methoxy groups -OCH3 is 1. The second-order valence-corrected chi connectivity index (χ2v) is 8.12. The summed E-state index contributed by atoms with van der Waals surface area (Å²) in [5, 5.41) is 37.8. The van der Waals surface area contributed by atoms with Crippen molar-refractivity contribution in [2.75, 3.05) is 12.5 Å². The quantitative estimate of drug-likeness (QED) is 0.388. The molecule has 0 aliphatic carbocycles. The summed E-state index contributed by atoms with van der Waals surface area (Å²) in [5.74, 6) is 0.716. The lowest BCUT2D eigenvalue weighted by atomic mass is 9.75. The van der Waals surface area contributed by atoms with Gasteiger partial charge in [0.1, 0.15) is 29.5 Å². The molecule has 4 rings (SSSR count). The van der Waals surface area contributed by atoms with E-state index in [4.69, 9.17) is 9.84 Å². The standard InChI is InChI=1S/C29H22N6O/c1-29(22-11-7-4-8-12-22)28(35-34-23-13-15-24(36-2)16-14-23)26(20-9-5-3-6-10-20)25(19-32)27(33-29)21(17-30)18-31/h3-16,33-34H,1-2H3/b35-28+. The number of hydrogen-bond donors (Lipinski definition) is 2. The molecule has 1 unspecified atom stereocenters. The zero-order valence-electron chi connectivity index (χ0n) is 19.8. The predicted octanol–water partition coefficient (Wildman–Crippen LogP) is 5.26. The maximum absolute atomic E-state index is 10.2. The number of hydrazone groups is 1. The van der Waals surface area contributed by atoms with E-state index in [9.17, 15) is 15.8 Å². The summed E-state index contributed by atoms with van der Waals surface area (Å²) in [7, 11) is 1.60. The minimum Gasteiger partial charge on any atom is -0.497 e. The molecule has 2 N–H and O–H groups in total. The average Bonchev–Trinajstić information content (AvgIpc) is 2.94. The van der Waals surface area contributed by atoms with Crippen LogP contribution in [0.2, 0.25) is 0 Å². The molecule has 0 spiro atoms. The van der Waals surface area contributed by atoms with Gasteiger partial charge in [-0.05, 0) is 42.3 Å². The Morgan fingerprint density at radius 2 is 1.50 bits per heavy atom. The highest BCUT2D eigenvalue weighted by Crippen LogP contribution is 2.40. The highest BCUT2D eigenvalue weighted by molar-refractivity contribution is 6.31. The molecule has 1 atom stereocenters. The average molecular weight is 471 g/mol. The van der Waals surface area contributed by atoms with Crippen LogP contribution in [0.4, 0.5) is 5.69 Å². The van der Waals surface area contributed by atoms with E-state index in [0.717, 1.165) is 16.8 Å². The minimum atomic E-state index is -0.986. The van der Waals surface area contributed by atoms with E-state index in [2.05, 4.69) is 16.8 Å². The number of nitriles is 3. The van der Waals surface area contributed by atoms with Crippen LogP contribution in [0, 0.1) is 34.0 Å².